The molecule has 0 saturated carbocycles. The molecule has 15 heavy (non-hydrogen) atoms. The van der Waals surface area contributed by atoms with Gasteiger partial charge in [-0.2, -0.15) is 13.2 Å². The fraction of sp³-hybridized carbons (Fsp3) is 0.455. The lowest BCUT2D eigenvalue weighted by atomic mass is 9.91. The smallest absolute Gasteiger partial charge is 0.380 e. The fourth-order valence-electron chi connectivity index (χ4n) is 1.36. The number of hydrogen-bond donors (Lipinski definition) is 1. The van der Waals surface area contributed by atoms with E-state index in [0.29, 0.717) is 5.56 Å². The van der Waals surface area contributed by atoms with Crippen molar-refractivity contribution in [1.82, 2.24) is 0 Å². The Kier molecular flexibility index (Phi) is 3.39. The Labute approximate surface area is 86.5 Å². The molecule has 1 unspecified atom stereocenters. The van der Waals surface area contributed by atoms with E-state index in [1.165, 1.54) is 6.92 Å². The number of benzene rings is 1. The van der Waals surface area contributed by atoms with Gasteiger partial charge in [0.2, 0.25) is 0 Å². The van der Waals surface area contributed by atoms with E-state index in [-0.39, 0.29) is 6.42 Å². The van der Waals surface area contributed by atoms with Crippen molar-refractivity contribution >= 4 is 0 Å². The van der Waals surface area contributed by atoms with Gasteiger partial charge in [-0.25, -0.2) is 0 Å². The number of aliphatic hydroxyl groups is 1. The first-order valence-corrected chi connectivity index (χ1v) is 4.72. The maximum Gasteiger partial charge on any atom is 0.417 e. The molecule has 0 aromatic heterocycles. The maximum absolute atomic E-state index is 12.5. The topological polar surface area (TPSA) is 20.2 Å². The van der Waals surface area contributed by atoms with Crippen LogP contribution in [0.2, 0.25) is 0 Å². The largest absolute Gasteiger partial charge is 0.417 e. The zero-order valence-corrected chi connectivity index (χ0v) is 8.38. The Morgan fingerprint density at radius 3 is 2.07 bits per heavy atom. The molecule has 84 valence electrons. The highest BCUT2D eigenvalue weighted by Crippen LogP contribution is 2.35. The van der Waals surface area contributed by atoms with Gasteiger partial charge in [-0.1, -0.05) is 37.3 Å². The molecular formula is C11H13F3O. The average molecular weight is 218 g/mol. The Bertz CT molecular complexity index is 307. The number of alkyl halides is 3. The van der Waals surface area contributed by atoms with Crippen LogP contribution in [0.5, 0.6) is 0 Å². The van der Waals surface area contributed by atoms with E-state index < -0.39 is 18.2 Å². The summed E-state index contributed by atoms with van der Waals surface area (Å²) in [4.78, 5) is 0. The quantitative estimate of drug-likeness (QED) is 0.827. The molecule has 0 amide bonds. The summed E-state index contributed by atoms with van der Waals surface area (Å²) in [7, 11) is 0. The lowest BCUT2D eigenvalue weighted by Gasteiger charge is -2.29. The highest BCUT2D eigenvalue weighted by atomic mass is 19.4. The van der Waals surface area contributed by atoms with Crippen molar-refractivity contribution in [3.8, 4) is 0 Å². The second-order valence-corrected chi connectivity index (χ2v) is 3.55. The number of halogens is 3. The number of hydrogen-bond acceptors (Lipinski definition) is 1. The fourth-order valence-corrected chi connectivity index (χ4v) is 1.36. The Morgan fingerprint density at radius 1 is 1.13 bits per heavy atom. The van der Waals surface area contributed by atoms with Crippen LogP contribution in [0.3, 0.4) is 0 Å². The first-order valence-electron chi connectivity index (χ1n) is 4.72. The summed E-state index contributed by atoms with van der Waals surface area (Å²) in [5.41, 5.74) is -2.13. The molecule has 1 rings (SSSR count). The highest BCUT2D eigenvalue weighted by Gasteiger charge is 2.51. The highest BCUT2D eigenvalue weighted by molar-refractivity contribution is 5.17. The molecule has 1 aromatic carbocycles. The van der Waals surface area contributed by atoms with Gasteiger partial charge in [0.15, 0.2) is 5.60 Å². The Balaban J connectivity index is 2.87. The minimum atomic E-state index is -4.59. The van der Waals surface area contributed by atoms with Gasteiger partial charge in [-0.05, 0) is 12.0 Å². The van der Waals surface area contributed by atoms with Crippen LogP contribution >= 0.6 is 0 Å². The molecule has 1 nitrogen and oxygen atoms in total. The van der Waals surface area contributed by atoms with Crippen molar-refractivity contribution in [2.24, 2.45) is 0 Å². The van der Waals surface area contributed by atoms with Gasteiger partial charge >= 0.3 is 6.18 Å². The maximum atomic E-state index is 12.5. The van der Waals surface area contributed by atoms with Crippen molar-refractivity contribution in [3.63, 3.8) is 0 Å². The summed E-state index contributed by atoms with van der Waals surface area (Å²) in [6.07, 6.45) is -5.32. The van der Waals surface area contributed by atoms with E-state index in [1.807, 2.05) is 0 Å². The lowest BCUT2D eigenvalue weighted by Crippen LogP contribution is -2.46. The van der Waals surface area contributed by atoms with Gasteiger partial charge in [-0.15, -0.1) is 0 Å². The van der Waals surface area contributed by atoms with E-state index in [0.717, 1.165) is 0 Å². The van der Waals surface area contributed by atoms with Crippen molar-refractivity contribution in [2.45, 2.75) is 31.5 Å². The molecule has 0 fully saturated rings. The van der Waals surface area contributed by atoms with Crippen LogP contribution in [-0.4, -0.2) is 16.9 Å². The molecule has 0 aliphatic carbocycles. The monoisotopic (exact) mass is 218 g/mol. The summed E-state index contributed by atoms with van der Waals surface area (Å²) in [5, 5.41) is 9.48. The van der Waals surface area contributed by atoms with E-state index in [4.69, 9.17) is 0 Å². The van der Waals surface area contributed by atoms with Crippen LogP contribution in [0.4, 0.5) is 13.2 Å². The van der Waals surface area contributed by atoms with Crippen molar-refractivity contribution in [3.05, 3.63) is 35.9 Å². The molecule has 0 radical (unpaired) electrons. The summed E-state index contributed by atoms with van der Waals surface area (Å²) in [5.74, 6) is 0. The van der Waals surface area contributed by atoms with Crippen LogP contribution in [-0.2, 0) is 6.42 Å². The van der Waals surface area contributed by atoms with Crippen molar-refractivity contribution in [2.75, 3.05) is 0 Å². The van der Waals surface area contributed by atoms with Gasteiger partial charge in [0.25, 0.3) is 0 Å². The van der Waals surface area contributed by atoms with E-state index in [9.17, 15) is 18.3 Å². The average Bonchev–Trinajstić information content (AvgIpc) is 2.17. The van der Waals surface area contributed by atoms with E-state index >= 15 is 0 Å². The van der Waals surface area contributed by atoms with Crippen molar-refractivity contribution in [1.29, 1.82) is 0 Å². The van der Waals surface area contributed by atoms with Gasteiger partial charge in [0, 0.05) is 6.42 Å². The summed E-state index contributed by atoms with van der Waals surface area (Å²) >= 11 is 0. The first kappa shape index (κ1) is 12.0. The van der Waals surface area contributed by atoms with Crippen LogP contribution in [0.1, 0.15) is 18.9 Å². The molecule has 0 heterocycles. The third kappa shape index (κ3) is 2.72. The predicted molar refractivity (Wildman–Crippen MR) is 51.4 cm³/mol. The standard InChI is InChI=1S/C11H13F3O/c1-2-10(15,11(12,13)14)8-9-6-4-3-5-7-9/h3-7,15H,2,8H2,1H3. The second-order valence-electron chi connectivity index (χ2n) is 3.55. The van der Waals surface area contributed by atoms with Crippen LogP contribution < -0.4 is 0 Å². The summed E-state index contributed by atoms with van der Waals surface area (Å²) in [6, 6.07) is 8.18. The van der Waals surface area contributed by atoms with Gasteiger partial charge in [0.1, 0.15) is 0 Å². The molecule has 1 atom stereocenters. The minimum absolute atomic E-state index is 0.342. The molecule has 4 heteroatoms. The lowest BCUT2D eigenvalue weighted by molar-refractivity contribution is -0.260. The normalized spacial score (nSPS) is 16.1. The Morgan fingerprint density at radius 2 is 1.67 bits per heavy atom. The van der Waals surface area contributed by atoms with Gasteiger partial charge in [0.05, 0.1) is 0 Å². The molecule has 1 N–H and O–H groups in total. The van der Waals surface area contributed by atoms with Crippen LogP contribution in [0.15, 0.2) is 30.3 Å². The summed E-state index contributed by atoms with van der Waals surface area (Å²) < 4.78 is 37.6. The third-order valence-electron chi connectivity index (χ3n) is 2.45. The minimum Gasteiger partial charge on any atom is -0.380 e. The molecule has 0 saturated heterocycles. The van der Waals surface area contributed by atoms with Gasteiger partial charge < -0.3 is 5.11 Å². The second kappa shape index (κ2) is 4.23. The summed E-state index contributed by atoms with van der Waals surface area (Å²) in [6.45, 7) is 1.33. The molecule has 1 aromatic rings. The zero-order chi connectivity index (χ0) is 11.5. The third-order valence-corrected chi connectivity index (χ3v) is 2.45. The van der Waals surface area contributed by atoms with E-state index in [2.05, 4.69) is 0 Å². The molecule has 0 spiro atoms. The SMILES string of the molecule is CCC(O)(Cc1ccccc1)C(F)(F)F. The number of rotatable bonds is 3. The molecule has 0 aliphatic rings. The first-order chi connectivity index (χ1) is 6.89. The zero-order valence-electron chi connectivity index (χ0n) is 8.38. The Hall–Kier alpha value is -1.03. The van der Waals surface area contributed by atoms with E-state index in [1.54, 1.807) is 30.3 Å². The van der Waals surface area contributed by atoms with Gasteiger partial charge in [-0.3, -0.25) is 0 Å². The molecular weight excluding hydrogens is 205 g/mol. The molecule has 0 aliphatic heterocycles. The molecule has 0 bridgehead atoms. The predicted octanol–water partition coefficient (Wildman–Crippen LogP) is 2.93. The van der Waals surface area contributed by atoms with Crippen LogP contribution in [0.25, 0.3) is 0 Å². The van der Waals surface area contributed by atoms with Crippen molar-refractivity contribution < 1.29 is 18.3 Å². The van der Waals surface area contributed by atoms with Crippen LogP contribution in [0, 0.1) is 0 Å².